The monoisotopic (exact) mass is 348 g/mol. The number of carbonyl (C=O) groups is 1. The Bertz CT molecular complexity index is 1050. The van der Waals surface area contributed by atoms with Gasteiger partial charge in [0.1, 0.15) is 11.6 Å². The van der Waals surface area contributed by atoms with Crippen molar-refractivity contribution >= 4 is 22.8 Å². The second-order valence-corrected chi connectivity index (χ2v) is 5.70. The molecule has 0 saturated heterocycles. The number of rotatable bonds is 5. The molecule has 0 aliphatic rings. The molecule has 2 heterocycles. The van der Waals surface area contributed by atoms with E-state index in [9.17, 15) is 4.79 Å². The van der Waals surface area contributed by atoms with Gasteiger partial charge in [-0.3, -0.25) is 20.3 Å². The van der Waals surface area contributed by atoms with Crippen molar-refractivity contribution in [1.82, 2.24) is 25.4 Å². The molecule has 2 aromatic carbocycles. The minimum absolute atomic E-state index is 0.214. The summed E-state index contributed by atoms with van der Waals surface area (Å²) in [5.74, 6) is 1.30. The van der Waals surface area contributed by atoms with Gasteiger partial charge in [-0.05, 0) is 23.8 Å². The fourth-order valence-corrected chi connectivity index (χ4v) is 2.66. The van der Waals surface area contributed by atoms with Crippen LogP contribution in [0.25, 0.3) is 10.9 Å². The summed E-state index contributed by atoms with van der Waals surface area (Å²) in [6, 6.07) is 15.1. The zero-order valence-electron chi connectivity index (χ0n) is 14.0. The molecular formula is C18H16N6O2. The molecule has 4 rings (SSSR count). The van der Waals surface area contributed by atoms with Crippen LogP contribution in [-0.4, -0.2) is 38.4 Å². The number of carbonyl (C=O) groups excluding carboxylic acids is 1. The van der Waals surface area contributed by atoms with Gasteiger partial charge in [0, 0.05) is 11.8 Å². The predicted octanol–water partition coefficient (Wildman–Crippen LogP) is 2.53. The largest absolute Gasteiger partial charge is 0.497 e. The number of nitrogens with zero attached hydrogens (tertiary/aromatic N) is 3. The van der Waals surface area contributed by atoms with Crippen molar-refractivity contribution in [2.24, 2.45) is 0 Å². The third kappa shape index (κ3) is 3.12. The summed E-state index contributed by atoms with van der Waals surface area (Å²) in [5.41, 5.74) is 2.16. The average Bonchev–Trinajstić information content (AvgIpc) is 3.29. The van der Waals surface area contributed by atoms with Crippen LogP contribution in [0.5, 0.6) is 5.75 Å². The highest BCUT2D eigenvalue weighted by Crippen LogP contribution is 2.17. The van der Waals surface area contributed by atoms with Gasteiger partial charge >= 0.3 is 0 Å². The highest BCUT2D eigenvalue weighted by molar-refractivity contribution is 6.10. The van der Waals surface area contributed by atoms with Crippen molar-refractivity contribution in [1.29, 1.82) is 0 Å². The fraction of sp³-hybridized carbons (Fsp3) is 0.111. The summed E-state index contributed by atoms with van der Waals surface area (Å²) in [7, 11) is 1.63. The average molecular weight is 348 g/mol. The Labute approximate surface area is 148 Å². The summed E-state index contributed by atoms with van der Waals surface area (Å²) in [4.78, 5) is 16.7. The number of aromatic nitrogens is 5. The summed E-state index contributed by atoms with van der Waals surface area (Å²) in [6.07, 6.45) is 0.568. The Morgan fingerprint density at radius 3 is 2.69 bits per heavy atom. The van der Waals surface area contributed by atoms with Gasteiger partial charge in [0.05, 0.1) is 12.6 Å². The highest BCUT2D eigenvalue weighted by atomic mass is 16.5. The number of anilines is 1. The van der Waals surface area contributed by atoms with Crippen LogP contribution >= 0.6 is 0 Å². The number of para-hydroxylation sites is 1. The Balaban J connectivity index is 1.46. The lowest BCUT2D eigenvalue weighted by molar-refractivity contribution is 0.102. The molecule has 2 aromatic heterocycles. The Morgan fingerprint density at radius 1 is 1.08 bits per heavy atom. The fourth-order valence-electron chi connectivity index (χ4n) is 2.66. The molecule has 0 atom stereocenters. The molecule has 3 N–H and O–H groups in total. The summed E-state index contributed by atoms with van der Waals surface area (Å²) < 4.78 is 5.14. The third-order valence-electron chi connectivity index (χ3n) is 3.97. The van der Waals surface area contributed by atoms with Gasteiger partial charge in [-0.1, -0.05) is 30.3 Å². The number of ether oxygens (including phenoxy) is 1. The predicted molar refractivity (Wildman–Crippen MR) is 96.2 cm³/mol. The molecule has 0 spiro atoms. The summed E-state index contributed by atoms with van der Waals surface area (Å²) >= 11 is 0. The lowest BCUT2D eigenvalue weighted by Crippen LogP contribution is -2.14. The molecule has 0 radical (unpaired) electrons. The van der Waals surface area contributed by atoms with Crippen LogP contribution in [0.2, 0.25) is 0 Å². The maximum Gasteiger partial charge on any atom is 0.279 e. The van der Waals surface area contributed by atoms with E-state index in [0.717, 1.165) is 22.2 Å². The van der Waals surface area contributed by atoms with E-state index in [2.05, 4.69) is 30.7 Å². The van der Waals surface area contributed by atoms with E-state index in [1.807, 2.05) is 48.5 Å². The first kappa shape index (κ1) is 15.8. The molecular weight excluding hydrogens is 332 g/mol. The van der Waals surface area contributed by atoms with Gasteiger partial charge in [0.25, 0.3) is 5.91 Å². The smallest absolute Gasteiger partial charge is 0.279 e. The van der Waals surface area contributed by atoms with Crippen LogP contribution < -0.4 is 10.1 Å². The zero-order chi connectivity index (χ0) is 17.9. The topological polar surface area (TPSA) is 109 Å². The van der Waals surface area contributed by atoms with Gasteiger partial charge in [-0.15, -0.1) is 5.10 Å². The molecule has 1 amide bonds. The molecule has 0 bridgehead atoms. The van der Waals surface area contributed by atoms with E-state index in [-0.39, 0.29) is 11.9 Å². The molecule has 4 aromatic rings. The van der Waals surface area contributed by atoms with E-state index in [1.165, 1.54) is 0 Å². The van der Waals surface area contributed by atoms with E-state index >= 15 is 0 Å². The molecule has 0 fully saturated rings. The van der Waals surface area contributed by atoms with Crippen molar-refractivity contribution in [2.45, 2.75) is 6.42 Å². The lowest BCUT2D eigenvalue weighted by Gasteiger charge is -2.01. The number of benzene rings is 2. The highest BCUT2D eigenvalue weighted by Gasteiger charge is 2.16. The van der Waals surface area contributed by atoms with Crippen molar-refractivity contribution in [2.75, 3.05) is 12.4 Å². The minimum Gasteiger partial charge on any atom is -0.497 e. The van der Waals surface area contributed by atoms with Crippen molar-refractivity contribution in [3.8, 4) is 5.75 Å². The molecule has 0 unspecified atom stereocenters. The number of nitrogens with one attached hydrogen (secondary N) is 3. The molecule has 0 aliphatic heterocycles. The van der Waals surface area contributed by atoms with Crippen LogP contribution in [0, 0.1) is 0 Å². The molecule has 0 aliphatic carbocycles. The molecule has 26 heavy (non-hydrogen) atoms. The number of amides is 1. The SMILES string of the molecule is COc1ccc(Cc2nc(NC(=O)c3n[nH]c4ccccc34)n[nH]2)cc1. The third-order valence-corrected chi connectivity index (χ3v) is 3.97. The second kappa shape index (κ2) is 6.67. The van der Waals surface area contributed by atoms with E-state index in [4.69, 9.17) is 4.74 Å². The first-order valence-corrected chi connectivity index (χ1v) is 8.01. The maximum atomic E-state index is 12.4. The maximum absolute atomic E-state index is 12.4. The second-order valence-electron chi connectivity index (χ2n) is 5.70. The van der Waals surface area contributed by atoms with Crippen LogP contribution in [-0.2, 0) is 6.42 Å². The number of aromatic amines is 2. The van der Waals surface area contributed by atoms with Crippen LogP contribution in [0.3, 0.4) is 0 Å². The molecule has 8 heteroatoms. The lowest BCUT2D eigenvalue weighted by atomic mass is 10.1. The van der Waals surface area contributed by atoms with E-state index < -0.39 is 0 Å². The number of H-pyrrole nitrogens is 2. The number of methoxy groups -OCH3 is 1. The van der Waals surface area contributed by atoms with Crippen LogP contribution in [0.15, 0.2) is 48.5 Å². The molecule has 8 nitrogen and oxygen atoms in total. The van der Waals surface area contributed by atoms with E-state index in [0.29, 0.717) is 17.9 Å². The quantitative estimate of drug-likeness (QED) is 0.513. The molecule has 130 valence electrons. The Hall–Kier alpha value is -3.68. The van der Waals surface area contributed by atoms with Crippen LogP contribution in [0.1, 0.15) is 21.9 Å². The number of fused-ring (bicyclic) bond motifs is 1. The zero-order valence-corrected chi connectivity index (χ0v) is 14.0. The normalized spacial score (nSPS) is 10.8. The van der Waals surface area contributed by atoms with Gasteiger partial charge < -0.3 is 4.74 Å². The summed E-state index contributed by atoms with van der Waals surface area (Å²) in [5, 5.41) is 17.2. The first-order valence-electron chi connectivity index (χ1n) is 8.01. The number of hydrogen-bond donors (Lipinski definition) is 3. The Kier molecular flexibility index (Phi) is 4.06. The number of hydrogen-bond acceptors (Lipinski definition) is 5. The van der Waals surface area contributed by atoms with Gasteiger partial charge in [-0.25, -0.2) is 0 Å². The van der Waals surface area contributed by atoms with E-state index in [1.54, 1.807) is 7.11 Å². The standard InChI is InChI=1S/C18H16N6O2/c1-26-12-8-6-11(7-9-12)10-15-19-18(24-22-15)20-17(25)16-13-4-2-3-5-14(13)21-23-16/h2-9H,10H2,1H3,(H,21,23)(H2,19,20,22,24,25). The molecule has 0 saturated carbocycles. The van der Waals surface area contributed by atoms with Gasteiger partial charge in [-0.2, -0.15) is 10.1 Å². The van der Waals surface area contributed by atoms with Crippen molar-refractivity contribution in [3.63, 3.8) is 0 Å². The van der Waals surface area contributed by atoms with Gasteiger partial charge in [0.2, 0.25) is 5.95 Å². The first-order chi connectivity index (χ1) is 12.7. The van der Waals surface area contributed by atoms with Crippen LogP contribution in [0.4, 0.5) is 5.95 Å². The minimum atomic E-state index is -0.363. The summed E-state index contributed by atoms with van der Waals surface area (Å²) in [6.45, 7) is 0. The van der Waals surface area contributed by atoms with Crippen molar-refractivity contribution < 1.29 is 9.53 Å². The van der Waals surface area contributed by atoms with Gasteiger partial charge in [0.15, 0.2) is 5.69 Å². The van der Waals surface area contributed by atoms with Crippen molar-refractivity contribution in [3.05, 3.63) is 65.6 Å². The Morgan fingerprint density at radius 2 is 1.88 bits per heavy atom.